The van der Waals surface area contributed by atoms with Crippen molar-refractivity contribution >= 4 is 23.3 Å². The molecule has 2 aromatic rings. The monoisotopic (exact) mass is 305 g/mol. The third-order valence-electron chi connectivity index (χ3n) is 3.69. The molecule has 0 amide bonds. The molecule has 0 radical (unpaired) electrons. The predicted molar refractivity (Wildman–Crippen MR) is 79.6 cm³/mol. The summed E-state index contributed by atoms with van der Waals surface area (Å²) in [6.07, 6.45) is 9.00. The fourth-order valence-electron chi connectivity index (χ4n) is 2.66. The normalized spacial score (nSPS) is 18.2. The molecule has 0 aromatic carbocycles. The van der Waals surface area contributed by atoms with Crippen molar-refractivity contribution in [2.45, 2.75) is 25.3 Å². The van der Waals surface area contributed by atoms with Gasteiger partial charge in [0.05, 0.1) is 29.2 Å². The Morgan fingerprint density at radius 2 is 2.14 bits per heavy atom. The van der Waals surface area contributed by atoms with Crippen molar-refractivity contribution in [3.63, 3.8) is 0 Å². The minimum absolute atomic E-state index is 0.106. The third-order valence-corrected chi connectivity index (χ3v) is 3.88. The van der Waals surface area contributed by atoms with Crippen molar-refractivity contribution < 1.29 is 4.79 Å². The van der Waals surface area contributed by atoms with E-state index in [1.807, 2.05) is 0 Å². The van der Waals surface area contributed by atoms with E-state index in [-0.39, 0.29) is 11.8 Å². The molecule has 3 heterocycles. The van der Waals surface area contributed by atoms with Gasteiger partial charge < -0.3 is 4.90 Å². The van der Waals surface area contributed by atoms with Crippen LogP contribution >= 0.6 is 11.6 Å². The highest BCUT2D eigenvalue weighted by Crippen LogP contribution is 2.25. The second kappa shape index (κ2) is 5.81. The van der Waals surface area contributed by atoms with Crippen LogP contribution in [-0.4, -0.2) is 38.1 Å². The van der Waals surface area contributed by atoms with Gasteiger partial charge in [-0.05, 0) is 12.8 Å². The Bertz CT molecular complexity index is 639. The van der Waals surface area contributed by atoms with Crippen LogP contribution in [0.25, 0.3) is 0 Å². The molecule has 0 aliphatic carbocycles. The SMILES string of the molecule is Cn1cc(C(=O)C[C@@H]2CCCN2c2ncc(Cl)cn2)cn1. The average Bonchev–Trinajstić information content (AvgIpc) is 3.09. The average molecular weight is 306 g/mol. The van der Waals surface area contributed by atoms with E-state index < -0.39 is 0 Å². The first-order chi connectivity index (χ1) is 10.1. The minimum atomic E-state index is 0.106. The molecule has 21 heavy (non-hydrogen) atoms. The molecule has 1 saturated heterocycles. The van der Waals surface area contributed by atoms with Crippen LogP contribution in [0.1, 0.15) is 29.6 Å². The van der Waals surface area contributed by atoms with Crippen LogP contribution in [-0.2, 0) is 7.05 Å². The number of aryl methyl sites for hydroxylation is 1. The number of rotatable bonds is 4. The molecule has 3 rings (SSSR count). The van der Waals surface area contributed by atoms with Gasteiger partial charge in [-0.3, -0.25) is 9.48 Å². The highest BCUT2D eigenvalue weighted by molar-refractivity contribution is 6.30. The van der Waals surface area contributed by atoms with Gasteiger partial charge in [-0.2, -0.15) is 5.10 Å². The molecule has 110 valence electrons. The zero-order valence-corrected chi connectivity index (χ0v) is 12.5. The van der Waals surface area contributed by atoms with E-state index in [1.54, 1.807) is 36.5 Å². The van der Waals surface area contributed by atoms with Gasteiger partial charge in [0.2, 0.25) is 5.95 Å². The molecule has 0 unspecified atom stereocenters. The largest absolute Gasteiger partial charge is 0.337 e. The fourth-order valence-corrected chi connectivity index (χ4v) is 2.76. The molecular formula is C14H16ClN5O. The van der Waals surface area contributed by atoms with Crippen LogP contribution in [0.3, 0.4) is 0 Å². The highest BCUT2D eigenvalue weighted by atomic mass is 35.5. The molecule has 1 aliphatic rings. The number of anilines is 1. The maximum Gasteiger partial charge on any atom is 0.225 e. The molecule has 1 fully saturated rings. The fraction of sp³-hybridized carbons (Fsp3) is 0.429. The molecule has 0 saturated carbocycles. The summed E-state index contributed by atoms with van der Waals surface area (Å²) in [7, 11) is 1.81. The third kappa shape index (κ3) is 3.05. The summed E-state index contributed by atoms with van der Waals surface area (Å²) < 4.78 is 1.64. The van der Waals surface area contributed by atoms with E-state index >= 15 is 0 Å². The first-order valence-electron chi connectivity index (χ1n) is 6.89. The predicted octanol–water partition coefficient (Wildman–Crippen LogP) is 2.11. The zero-order chi connectivity index (χ0) is 14.8. The van der Waals surface area contributed by atoms with Gasteiger partial charge in [0.15, 0.2) is 5.78 Å². The second-order valence-corrected chi connectivity index (χ2v) is 5.66. The number of aromatic nitrogens is 4. The van der Waals surface area contributed by atoms with Gasteiger partial charge in [0.1, 0.15) is 0 Å². The number of Topliss-reactive ketones (excluding diaryl/α,β-unsaturated/α-hetero) is 1. The highest BCUT2D eigenvalue weighted by Gasteiger charge is 2.29. The lowest BCUT2D eigenvalue weighted by atomic mass is 10.0. The molecule has 0 spiro atoms. The van der Waals surface area contributed by atoms with Gasteiger partial charge in [-0.25, -0.2) is 9.97 Å². The van der Waals surface area contributed by atoms with Crippen LogP contribution < -0.4 is 4.90 Å². The summed E-state index contributed by atoms with van der Waals surface area (Å²) in [4.78, 5) is 22.9. The van der Waals surface area contributed by atoms with E-state index in [1.165, 1.54) is 0 Å². The van der Waals surface area contributed by atoms with Gasteiger partial charge in [-0.1, -0.05) is 11.6 Å². The Hall–Kier alpha value is -1.95. The first kappa shape index (κ1) is 14.0. The van der Waals surface area contributed by atoms with E-state index in [2.05, 4.69) is 20.0 Å². The molecule has 0 bridgehead atoms. The molecule has 1 aliphatic heterocycles. The Balaban J connectivity index is 1.72. The lowest BCUT2D eigenvalue weighted by molar-refractivity contribution is 0.0974. The van der Waals surface area contributed by atoms with Crippen molar-refractivity contribution in [3.8, 4) is 0 Å². The lowest BCUT2D eigenvalue weighted by Crippen LogP contribution is -2.32. The first-order valence-corrected chi connectivity index (χ1v) is 7.27. The number of halogens is 1. The quantitative estimate of drug-likeness (QED) is 0.810. The molecule has 6 nitrogen and oxygen atoms in total. The number of nitrogens with zero attached hydrogens (tertiary/aromatic N) is 5. The summed E-state index contributed by atoms with van der Waals surface area (Å²) in [6.45, 7) is 0.868. The van der Waals surface area contributed by atoms with Crippen molar-refractivity contribution in [1.29, 1.82) is 0 Å². The molecule has 7 heteroatoms. The van der Waals surface area contributed by atoms with Gasteiger partial charge in [-0.15, -0.1) is 0 Å². The Kier molecular flexibility index (Phi) is 3.88. The Morgan fingerprint density at radius 3 is 2.81 bits per heavy atom. The van der Waals surface area contributed by atoms with Crippen LogP contribution in [0.4, 0.5) is 5.95 Å². The van der Waals surface area contributed by atoms with E-state index in [9.17, 15) is 4.79 Å². The van der Waals surface area contributed by atoms with Crippen LogP contribution in [0, 0.1) is 0 Å². The number of ketones is 1. The van der Waals surface area contributed by atoms with Crippen LogP contribution in [0.15, 0.2) is 24.8 Å². The zero-order valence-electron chi connectivity index (χ0n) is 11.7. The minimum Gasteiger partial charge on any atom is -0.337 e. The topological polar surface area (TPSA) is 63.9 Å². The Morgan fingerprint density at radius 1 is 1.38 bits per heavy atom. The molecule has 0 N–H and O–H groups in total. The second-order valence-electron chi connectivity index (χ2n) is 5.22. The van der Waals surface area contributed by atoms with E-state index in [0.717, 1.165) is 19.4 Å². The van der Waals surface area contributed by atoms with E-state index in [0.29, 0.717) is 23.0 Å². The van der Waals surface area contributed by atoms with Crippen LogP contribution in [0.2, 0.25) is 5.02 Å². The molecular weight excluding hydrogens is 290 g/mol. The van der Waals surface area contributed by atoms with Crippen molar-refractivity contribution in [3.05, 3.63) is 35.4 Å². The van der Waals surface area contributed by atoms with Crippen molar-refractivity contribution in [1.82, 2.24) is 19.7 Å². The maximum absolute atomic E-state index is 12.3. The van der Waals surface area contributed by atoms with Crippen LogP contribution in [0.5, 0.6) is 0 Å². The summed E-state index contributed by atoms with van der Waals surface area (Å²) in [6, 6.07) is 0.138. The summed E-state index contributed by atoms with van der Waals surface area (Å²) >= 11 is 5.81. The Labute approximate surface area is 127 Å². The van der Waals surface area contributed by atoms with Gasteiger partial charge in [0.25, 0.3) is 0 Å². The maximum atomic E-state index is 12.3. The van der Waals surface area contributed by atoms with Gasteiger partial charge >= 0.3 is 0 Å². The summed E-state index contributed by atoms with van der Waals surface area (Å²) in [5.41, 5.74) is 0.654. The van der Waals surface area contributed by atoms with E-state index in [4.69, 9.17) is 11.6 Å². The summed E-state index contributed by atoms with van der Waals surface area (Å²) in [5.74, 6) is 0.745. The lowest BCUT2D eigenvalue weighted by Gasteiger charge is -2.23. The number of hydrogen-bond donors (Lipinski definition) is 0. The number of carbonyl (C=O) groups is 1. The standard InChI is InChI=1S/C14H16ClN5O/c1-19-9-10(6-18-19)13(21)5-12-3-2-4-20(12)14-16-7-11(15)8-17-14/h6-9,12H,2-5H2,1H3/t12-/m0/s1. The molecule has 2 aromatic heterocycles. The molecule has 1 atom stereocenters. The van der Waals surface area contributed by atoms with Crippen molar-refractivity contribution in [2.24, 2.45) is 7.05 Å². The number of carbonyl (C=O) groups excluding carboxylic acids is 1. The van der Waals surface area contributed by atoms with Gasteiger partial charge in [0, 0.05) is 32.3 Å². The van der Waals surface area contributed by atoms with Crippen molar-refractivity contribution in [2.75, 3.05) is 11.4 Å². The summed E-state index contributed by atoms with van der Waals surface area (Å²) in [5, 5.41) is 4.56. The number of hydrogen-bond acceptors (Lipinski definition) is 5. The smallest absolute Gasteiger partial charge is 0.225 e.